The molecule has 19 heavy (non-hydrogen) atoms. The first-order chi connectivity index (χ1) is 9.07. The Morgan fingerprint density at radius 1 is 1.63 bits per heavy atom. The van der Waals surface area contributed by atoms with Crippen molar-refractivity contribution in [1.82, 2.24) is 15.0 Å². The first kappa shape index (κ1) is 13.6. The highest BCUT2D eigenvalue weighted by Gasteiger charge is 2.56. The molecule has 104 valence electrons. The second-order valence-corrected chi connectivity index (χ2v) is 3.94. The summed E-state index contributed by atoms with van der Waals surface area (Å²) in [5, 5.41) is 37.9. The lowest BCUT2D eigenvalue weighted by Crippen LogP contribution is -2.43. The van der Waals surface area contributed by atoms with Gasteiger partial charge in [0.1, 0.15) is 11.8 Å². The zero-order chi connectivity index (χ0) is 14.0. The number of alkyl halides is 1. The molecule has 0 bridgehead atoms. The van der Waals surface area contributed by atoms with Gasteiger partial charge in [-0.3, -0.25) is 0 Å². The fraction of sp³-hybridized carbons (Fsp3) is 0.750. The maximum atomic E-state index is 14.0. The van der Waals surface area contributed by atoms with Crippen molar-refractivity contribution in [2.24, 2.45) is 5.11 Å². The summed E-state index contributed by atoms with van der Waals surface area (Å²) in [6.07, 6.45) is -4.03. The van der Waals surface area contributed by atoms with Crippen LogP contribution in [0.1, 0.15) is 11.9 Å². The maximum Gasteiger partial charge on any atom is 0.201 e. The lowest BCUT2D eigenvalue weighted by molar-refractivity contribution is -0.126. The molecule has 1 fully saturated rings. The number of azide groups is 1. The molecule has 1 saturated heterocycles. The van der Waals surface area contributed by atoms with E-state index in [2.05, 4.69) is 20.3 Å². The Morgan fingerprint density at radius 2 is 2.37 bits per heavy atom. The van der Waals surface area contributed by atoms with E-state index in [0.717, 1.165) is 4.68 Å². The van der Waals surface area contributed by atoms with Gasteiger partial charge in [0.2, 0.25) is 5.72 Å². The van der Waals surface area contributed by atoms with Gasteiger partial charge >= 0.3 is 0 Å². The Morgan fingerprint density at radius 3 is 2.89 bits per heavy atom. The minimum atomic E-state index is -2.11. The van der Waals surface area contributed by atoms with Crippen molar-refractivity contribution >= 4 is 0 Å². The van der Waals surface area contributed by atoms with Gasteiger partial charge in [0, 0.05) is 4.91 Å². The summed E-state index contributed by atoms with van der Waals surface area (Å²) in [4.78, 5) is 2.42. The predicted octanol–water partition coefficient (Wildman–Crippen LogP) is -1.00. The van der Waals surface area contributed by atoms with Crippen molar-refractivity contribution in [3.63, 3.8) is 0 Å². The van der Waals surface area contributed by atoms with E-state index in [-0.39, 0.29) is 5.69 Å². The number of hydrogen-bond donors (Lipinski definition) is 3. The quantitative estimate of drug-likeness (QED) is 0.364. The van der Waals surface area contributed by atoms with Crippen molar-refractivity contribution in [3.05, 3.63) is 22.3 Å². The smallest absolute Gasteiger partial charge is 0.201 e. The van der Waals surface area contributed by atoms with E-state index >= 15 is 0 Å². The highest BCUT2D eigenvalue weighted by Crippen LogP contribution is 2.39. The van der Waals surface area contributed by atoms with Gasteiger partial charge in [0.25, 0.3) is 0 Å². The maximum absolute atomic E-state index is 14.0. The van der Waals surface area contributed by atoms with Crippen LogP contribution >= 0.6 is 0 Å². The molecule has 1 aromatic heterocycles. The molecule has 10 nitrogen and oxygen atoms in total. The second-order valence-electron chi connectivity index (χ2n) is 3.94. The minimum absolute atomic E-state index is 0.176. The molecular weight excluding hydrogens is 263 g/mol. The fourth-order valence-electron chi connectivity index (χ4n) is 1.78. The van der Waals surface area contributed by atoms with E-state index in [9.17, 15) is 9.50 Å². The number of aromatic nitrogens is 3. The van der Waals surface area contributed by atoms with Crippen LogP contribution in [0, 0.1) is 0 Å². The fourth-order valence-corrected chi connectivity index (χ4v) is 1.78. The van der Waals surface area contributed by atoms with Crippen LogP contribution < -0.4 is 0 Å². The molecule has 2 rings (SSSR count). The van der Waals surface area contributed by atoms with Gasteiger partial charge in [-0.1, -0.05) is 10.3 Å². The molecule has 0 unspecified atom stereocenters. The van der Waals surface area contributed by atoms with Gasteiger partial charge in [-0.25, -0.2) is 9.07 Å². The summed E-state index contributed by atoms with van der Waals surface area (Å²) in [6.45, 7) is -1.29. The lowest BCUT2D eigenvalue weighted by atomic mass is 10.1. The van der Waals surface area contributed by atoms with Crippen LogP contribution in [0.3, 0.4) is 0 Å². The Hall–Kier alpha value is -1.78. The molecule has 0 amide bonds. The number of aliphatic hydroxyl groups is 3. The van der Waals surface area contributed by atoms with E-state index in [1.165, 1.54) is 6.20 Å². The third-order valence-corrected chi connectivity index (χ3v) is 2.78. The van der Waals surface area contributed by atoms with Crippen LogP contribution in [0.4, 0.5) is 4.39 Å². The molecule has 0 radical (unpaired) electrons. The molecule has 11 heteroatoms. The molecule has 1 aliphatic rings. The van der Waals surface area contributed by atoms with Crippen molar-refractivity contribution in [1.29, 1.82) is 0 Å². The summed E-state index contributed by atoms with van der Waals surface area (Å²) in [6, 6.07) is 0. The molecule has 0 saturated carbocycles. The Bertz CT molecular complexity index is 505. The van der Waals surface area contributed by atoms with Gasteiger partial charge in [0.15, 0.2) is 12.4 Å². The Kier molecular flexibility index (Phi) is 3.64. The van der Waals surface area contributed by atoms with Crippen LogP contribution in [0.2, 0.25) is 0 Å². The van der Waals surface area contributed by atoms with E-state index in [1.54, 1.807) is 0 Å². The lowest BCUT2D eigenvalue weighted by Gasteiger charge is -2.23. The topological polar surface area (TPSA) is 149 Å². The molecule has 0 aliphatic carbocycles. The highest BCUT2D eigenvalue weighted by atomic mass is 19.1. The van der Waals surface area contributed by atoms with Gasteiger partial charge in [-0.2, -0.15) is 0 Å². The Labute approximate surface area is 105 Å². The first-order valence-corrected chi connectivity index (χ1v) is 5.26. The van der Waals surface area contributed by atoms with E-state index in [4.69, 9.17) is 20.5 Å². The minimum Gasteiger partial charge on any atom is -0.393 e. The SMILES string of the molecule is [N-]=[N+]=N[C@]1(CO)O[C@@H](n2cc(CO)nn2)[C@@H](F)[C@@H]1O. The number of nitrogens with zero attached hydrogens (tertiary/aromatic N) is 6. The van der Waals surface area contributed by atoms with Crippen LogP contribution in [0.5, 0.6) is 0 Å². The van der Waals surface area contributed by atoms with Gasteiger partial charge in [-0.15, -0.1) is 5.10 Å². The molecule has 0 aromatic carbocycles. The summed E-state index contributed by atoms with van der Waals surface area (Å²) in [5.74, 6) is 0. The van der Waals surface area contributed by atoms with E-state index < -0.39 is 37.4 Å². The van der Waals surface area contributed by atoms with E-state index in [1.807, 2.05) is 0 Å². The molecule has 2 heterocycles. The zero-order valence-electron chi connectivity index (χ0n) is 9.53. The third-order valence-electron chi connectivity index (χ3n) is 2.78. The molecule has 0 spiro atoms. The monoisotopic (exact) mass is 274 g/mol. The van der Waals surface area contributed by atoms with Crippen LogP contribution in [0.25, 0.3) is 10.4 Å². The average Bonchev–Trinajstić information content (AvgIpc) is 2.98. The summed E-state index contributed by atoms with van der Waals surface area (Å²) in [5.41, 5.74) is 6.46. The first-order valence-electron chi connectivity index (χ1n) is 5.26. The highest BCUT2D eigenvalue weighted by molar-refractivity contribution is 5.01. The molecule has 4 atom stereocenters. The van der Waals surface area contributed by atoms with Gasteiger partial charge in [-0.05, 0) is 5.53 Å². The van der Waals surface area contributed by atoms with Crippen molar-refractivity contribution in [2.75, 3.05) is 6.61 Å². The standard InChI is InChI=1S/C8H11FN6O4/c9-5-6(18)8(3-17,12-13-10)19-7(5)15-1-4(2-16)11-14-15/h1,5-7,16-18H,2-3H2/t5-,6-,7+,8+/m0/s1. The number of ether oxygens (including phenoxy) is 1. The number of aliphatic hydroxyl groups excluding tert-OH is 3. The number of halogens is 1. The number of hydrogen-bond acceptors (Lipinski definition) is 7. The van der Waals surface area contributed by atoms with Crippen LogP contribution in [-0.2, 0) is 11.3 Å². The van der Waals surface area contributed by atoms with E-state index in [0.29, 0.717) is 0 Å². The summed E-state index contributed by atoms with van der Waals surface area (Å²) in [7, 11) is 0. The van der Waals surface area contributed by atoms with Crippen molar-refractivity contribution < 1.29 is 24.4 Å². The number of rotatable bonds is 4. The van der Waals surface area contributed by atoms with Crippen molar-refractivity contribution in [2.45, 2.75) is 30.8 Å². The van der Waals surface area contributed by atoms with Crippen LogP contribution in [0.15, 0.2) is 11.3 Å². The largest absolute Gasteiger partial charge is 0.393 e. The zero-order valence-corrected chi connectivity index (χ0v) is 9.53. The predicted molar refractivity (Wildman–Crippen MR) is 55.9 cm³/mol. The van der Waals surface area contributed by atoms with Crippen molar-refractivity contribution in [3.8, 4) is 0 Å². The molecular formula is C8H11FN6O4. The van der Waals surface area contributed by atoms with Gasteiger partial charge < -0.3 is 20.1 Å². The third kappa shape index (κ3) is 2.13. The molecule has 3 N–H and O–H groups in total. The Balaban J connectivity index is 2.31. The summed E-state index contributed by atoms with van der Waals surface area (Å²) < 4.78 is 20.0. The normalized spacial score (nSPS) is 34.2. The van der Waals surface area contributed by atoms with Gasteiger partial charge in [0.05, 0.1) is 19.4 Å². The molecule has 1 aromatic rings. The second kappa shape index (κ2) is 5.07. The summed E-state index contributed by atoms with van der Waals surface area (Å²) >= 11 is 0. The average molecular weight is 274 g/mol. The molecule has 1 aliphatic heterocycles. The van der Waals surface area contributed by atoms with Crippen LogP contribution in [-0.4, -0.2) is 54.9 Å².